The molecule has 1 aliphatic heterocycles. The van der Waals surface area contributed by atoms with Crippen molar-refractivity contribution in [3.05, 3.63) is 54.4 Å². The largest absolute Gasteiger partial charge is 0.340 e. The van der Waals surface area contributed by atoms with E-state index in [2.05, 4.69) is 26.0 Å². The maximum absolute atomic E-state index is 12.8. The summed E-state index contributed by atoms with van der Waals surface area (Å²) in [6.45, 7) is 0.995. The van der Waals surface area contributed by atoms with Crippen LogP contribution in [0.3, 0.4) is 0 Å². The summed E-state index contributed by atoms with van der Waals surface area (Å²) in [5.41, 5.74) is 5.87. The van der Waals surface area contributed by atoms with Gasteiger partial charge in [0.15, 0.2) is 0 Å². The standard InChI is InChI=1S/C19H20N6O4S/c26-18(22-23-19-21-17(24-29-19)14-7-9-20-10-8-14)15-5-4-6-16(13-15)30(27,28)25-11-2-1-3-12-25/h4-10,13H,1-3,11-12H2,(H,22,26)(H,21,23,24). The number of benzene rings is 1. The van der Waals surface area contributed by atoms with Crippen molar-refractivity contribution < 1.29 is 17.7 Å². The predicted molar refractivity (Wildman–Crippen MR) is 108 cm³/mol. The lowest BCUT2D eigenvalue weighted by molar-refractivity contribution is 0.0961. The average molecular weight is 428 g/mol. The molecule has 0 saturated carbocycles. The summed E-state index contributed by atoms with van der Waals surface area (Å²) >= 11 is 0. The van der Waals surface area contributed by atoms with Crippen molar-refractivity contribution in [2.75, 3.05) is 18.5 Å². The first-order chi connectivity index (χ1) is 14.5. The Morgan fingerprint density at radius 2 is 1.83 bits per heavy atom. The number of nitrogens with one attached hydrogen (secondary N) is 2. The van der Waals surface area contributed by atoms with Gasteiger partial charge >= 0.3 is 6.01 Å². The highest BCUT2D eigenvalue weighted by Gasteiger charge is 2.26. The zero-order chi connectivity index (χ0) is 21.0. The van der Waals surface area contributed by atoms with Gasteiger partial charge in [-0.1, -0.05) is 17.6 Å². The number of carbonyl (C=O) groups excluding carboxylic acids is 1. The Labute approximate surface area is 173 Å². The number of piperidine rings is 1. The zero-order valence-electron chi connectivity index (χ0n) is 16.0. The summed E-state index contributed by atoms with van der Waals surface area (Å²) in [5, 5.41) is 3.82. The molecule has 0 atom stereocenters. The van der Waals surface area contributed by atoms with Gasteiger partial charge < -0.3 is 4.52 Å². The van der Waals surface area contributed by atoms with Gasteiger partial charge in [-0.15, -0.1) is 0 Å². The summed E-state index contributed by atoms with van der Waals surface area (Å²) in [6, 6.07) is 9.36. The number of hydrazine groups is 1. The number of hydrogen-bond acceptors (Lipinski definition) is 8. The highest BCUT2D eigenvalue weighted by atomic mass is 32.2. The third-order valence-electron chi connectivity index (χ3n) is 4.70. The summed E-state index contributed by atoms with van der Waals surface area (Å²) in [5.74, 6) is -0.196. The van der Waals surface area contributed by atoms with Crippen LogP contribution in [-0.4, -0.2) is 46.8 Å². The number of hydrogen-bond donors (Lipinski definition) is 2. The quantitative estimate of drug-likeness (QED) is 0.571. The minimum absolute atomic E-state index is 0.00717. The first-order valence-corrected chi connectivity index (χ1v) is 10.9. The number of carbonyl (C=O) groups is 1. The van der Waals surface area contributed by atoms with Crippen LogP contribution in [0.15, 0.2) is 58.2 Å². The molecule has 0 radical (unpaired) electrons. The van der Waals surface area contributed by atoms with Gasteiger partial charge in [0.25, 0.3) is 5.91 Å². The van der Waals surface area contributed by atoms with E-state index in [1.165, 1.54) is 22.5 Å². The van der Waals surface area contributed by atoms with Crippen molar-refractivity contribution >= 4 is 21.9 Å². The van der Waals surface area contributed by atoms with Crippen LogP contribution in [0.25, 0.3) is 11.4 Å². The van der Waals surface area contributed by atoms with Crippen LogP contribution in [0.1, 0.15) is 29.6 Å². The van der Waals surface area contributed by atoms with E-state index in [0.717, 1.165) is 19.3 Å². The molecule has 156 valence electrons. The molecule has 30 heavy (non-hydrogen) atoms. The molecular weight excluding hydrogens is 408 g/mol. The van der Waals surface area contributed by atoms with Crippen LogP contribution in [0, 0.1) is 0 Å². The van der Waals surface area contributed by atoms with Gasteiger partial charge in [-0.25, -0.2) is 13.8 Å². The van der Waals surface area contributed by atoms with Crippen LogP contribution in [-0.2, 0) is 10.0 Å². The molecule has 1 aliphatic rings. The molecule has 0 bridgehead atoms. The molecule has 1 aromatic carbocycles. The predicted octanol–water partition coefficient (Wildman–Crippen LogP) is 2.06. The summed E-state index contributed by atoms with van der Waals surface area (Å²) < 4.78 is 32.2. The van der Waals surface area contributed by atoms with E-state index in [-0.39, 0.29) is 16.5 Å². The second kappa shape index (κ2) is 8.59. The number of pyridine rings is 1. The van der Waals surface area contributed by atoms with Crippen LogP contribution in [0.2, 0.25) is 0 Å². The SMILES string of the molecule is O=C(NNc1nc(-c2ccncc2)no1)c1cccc(S(=O)(=O)N2CCCCC2)c1. The van der Waals surface area contributed by atoms with Crippen LogP contribution in [0.5, 0.6) is 0 Å². The molecular formula is C19H20N6O4S. The Morgan fingerprint density at radius 1 is 1.07 bits per heavy atom. The molecule has 0 aliphatic carbocycles. The zero-order valence-corrected chi connectivity index (χ0v) is 16.8. The summed E-state index contributed by atoms with van der Waals surface area (Å²) in [6.07, 6.45) is 5.92. The number of amides is 1. The van der Waals surface area contributed by atoms with E-state index in [9.17, 15) is 13.2 Å². The Morgan fingerprint density at radius 3 is 2.60 bits per heavy atom. The lowest BCUT2D eigenvalue weighted by Crippen LogP contribution is -2.36. The van der Waals surface area contributed by atoms with Crippen LogP contribution < -0.4 is 10.9 Å². The molecule has 10 nitrogen and oxygen atoms in total. The van der Waals surface area contributed by atoms with E-state index >= 15 is 0 Å². The molecule has 4 rings (SSSR count). The van der Waals surface area contributed by atoms with Crippen LogP contribution >= 0.6 is 0 Å². The molecule has 11 heteroatoms. The maximum Gasteiger partial charge on any atom is 0.340 e. The molecule has 0 spiro atoms. The van der Waals surface area contributed by atoms with Gasteiger partial charge in [0.05, 0.1) is 4.90 Å². The average Bonchev–Trinajstić information content (AvgIpc) is 3.28. The Bertz CT molecular complexity index is 1130. The molecule has 2 aromatic heterocycles. The lowest BCUT2D eigenvalue weighted by Gasteiger charge is -2.26. The van der Waals surface area contributed by atoms with Crippen LogP contribution in [0.4, 0.5) is 6.01 Å². The minimum Gasteiger partial charge on any atom is -0.313 e. The smallest absolute Gasteiger partial charge is 0.313 e. The normalized spacial score (nSPS) is 14.9. The highest BCUT2D eigenvalue weighted by molar-refractivity contribution is 7.89. The van der Waals surface area contributed by atoms with Gasteiger partial charge in [-0.05, 0) is 43.2 Å². The van der Waals surface area contributed by atoms with E-state index in [1.807, 2.05) is 0 Å². The highest BCUT2D eigenvalue weighted by Crippen LogP contribution is 2.21. The maximum atomic E-state index is 12.8. The number of sulfonamides is 1. The molecule has 3 aromatic rings. The van der Waals surface area contributed by atoms with Crippen molar-refractivity contribution in [1.29, 1.82) is 0 Å². The van der Waals surface area contributed by atoms with E-state index < -0.39 is 15.9 Å². The number of anilines is 1. The molecule has 3 heterocycles. The first kappa shape index (κ1) is 20.0. The molecule has 1 amide bonds. The first-order valence-electron chi connectivity index (χ1n) is 9.45. The molecule has 2 N–H and O–H groups in total. The minimum atomic E-state index is -3.63. The van der Waals surface area contributed by atoms with Gasteiger partial charge in [0, 0.05) is 36.6 Å². The lowest BCUT2D eigenvalue weighted by atomic mass is 10.2. The monoisotopic (exact) mass is 428 g/mol. The Kier molecular flexibility index (Phi) is 5.72. The van der Waals surface area contributed by atoms with E-state index in [0.29, 0.717) is 24.5 Å². The van der Waals surface area contributed by atoms with E-state index in [4.69, 9.17) is 4.52 Å². The number of nitrogens with zero attached hydrogens (tertiary/aromatic N) is 4. The molecule has 1 fully saturated rings. The van der Waals surface area contributed by atoms with Gasteiger partial charge in [-0.3, -0.25) is 15.2 Å². The van der Waals surface area contributed by atoms with Gasteiger partial charge in [-0.2, -0.15) is 9.29 Å². The molecule has 1 saturated heterocycles. The Hall–Kier alpha value is -3.31. The summed E-state index contributed by atoms with van der Waals surface area (Å²) in [7, 11) is -3.63. The second-order valence-corrected chi connectivity index (χ2v) is 8.67. The fourth-order valence-electron chi connectivity index (χ4n) is 3.13. The van der Waals surface area contributed by atoms with Crippen molar-refractivity contribution in [2.24, 2.45) is 0 Å². The van der Waals surface area contributed by atoms with Gasteiger partial charge in [0.2, 0.25) is 15.8 Å². The third kappa shape index (κ3) is 4.31. The van der Waals surface area contributed by atoms with Crippen molar-refractivity contribution in [1.82, 2.24) is 24.9 Å². The second-order valence-electron chi connectivity index (χ2n) is 6.73. The number of aromatic nitrogens is 3. The van der Waals surface area contributed by atoms with Crippen molar-refractivity contribution in [3.63, 3.8) is 0 Å². The summed E-state index contributed by atoms with van der Waals surface area (Å²) in [4.78, 5) is 20.6. The van der Waals surface area contributed by atoms with Gasteiger partial charge in [0.1, 0.15) is 0 Å². The third-order valence-corrected chi connectivity index (χ3v) is 6.59. The van der Waals surface area contributed by atoms with Crippen molar-refractivity contribution in [3.8, 4) is 11.4 Å². The van der Waals surface area contributed by atoms with E-state index in [1.54, 1.807) is 30.6 Å². The fraction of sp³-hybridized carbons (Fsp3) is 0.263. The number of rotatable bonds is 6. The fourth-order valence-corrected chi connectivity index (χ4v) is 4.69. The van der Waals surface area contributed by atoms with Crippen molar-refractivity contribution in [2.45, 2.75) is 24.2 Å². The molecule has 0 unspecified atom stereocenters. The topological polar surface area (TPSA) is 130 Å². The Balaban J connectivity index is 1.43.